The highest BCUT2D eigenvalue weighted by molar-refractivity contribution is 5.69. The maximum absolute atomic E-state index is 13.0. The second kappa shape index (κ2) is 5.82. The van der Waals surface area contributed by atoms with Crippen molar-refractivity contribution >= 4 is 0 Å². The molecule has 2 rings (SSSR count). The van der Waals surface area contributed by atoms with Crippen LogP contribution in [0.3, 0.4) is 0 Å². The number of alkyl halides is 8. The Hall–Kier alpha value is -2.12. The van der Waals surface area contributed by atoms with Gasteiger partial charge in [0.25, 0.3) is 6.43 Å². The number of benzene rings is 2. The number of halogens is 8. The van der Waals surface area contributed by atoms with Gasteiger partial charge in [-0.3, -0.25) is 0 Å². The standard InChI is InChI=1S/C15H8F8/c16-13(17)9-4-5-11(12(7-9)15(21,22)23)8-2-1-3-10(6-8)14(18,19)20/h1-7,13H. The molecule has 0 aliphatic rings. The third-order valence-corrected chi connectivity index (χ3v) is 3.10. The molecule has 0 radical (unpaired) electrons. The van der Waals surface area contributed by atoms with Gasteiger partial charge in [-0.2, -0.15) is 26.3 Å². The largest absolute Gasteiger partial charge is 0.417 e. The van der Waals surface area contributed by atoms with Crippen LogP contribution in [-0.2, 0) is 12.4 Å². The molecule has 0 aromatic heterocycles. The highest BCUT2D eigenvalue weighted by atomic mass is 19.4. The van der Waals surface area contributed by atoms with Gasteiger partial charge in [0.2, 0.25) is 0 Å². The van der Waals surface area contributed by atoms with Crippen LogP contribution >= 0.6 is 0 Å². The van der Waals surface area contributed by atoms with E-state index in [2.05, 4.69) is 0 Å². The average Bonchev–Trinajstić information content (AvgIpc) is 2.45. The minimum absolute atomic E-state index is 0.250. The van der Waals surface area contributed by atoms with Gasteiger partial charge in [-0.05, 0) is 29.3 Å². The van der Waals surface area contributed by atoms with E-state index < -0.39 is 41.0 Å². The maximum Gasteiger partial charge on any atom is 0.417 e. The Morgan fingerprint density at radius 1 is 0.739 bits per heavy atom. The van der Waals surface area contributed by atoms with Crippen LogP contribution in [0.15, 0.2) is 42.5 Å². The Bertz CT molecular complexity index is 697. The Kier molecular flexibility index (Phi) is 4.37. The normalized spacial score (nSPS) is 12.7. The lowest BCUT2D eigenvalue weighted by molar-refractivity contribution is -0.137. The molecular weight excluding hydrogens is 332 g/mol. The topological polar surface area (TPSA) is 0 Å². The first kappa shape index (κ1) is 17.2. The molecule has 0 bridgehead atoms. The first-order valence-electron chi connectivity index (χ1n) is 6.17. The summed E-state index contributed by atoms with van der Waals surface area (Å²) in [5, 5.41) is 0. The first-order chi connectivity index (χ1) is 10.5. The molecule has 23 heavy (non-hydrogen) atoms. The minimum atomic E-state index is -4.98. The highest BCUT2D eigenvalue weighted by Crippen LogP contribution is 2.40. The second-order valence-electron chi connectivity index (χ2n) is 4.68. The van der Waals surface area contributed by atoms with Gasteiger partial charge in [-0.1, -0.05) is 24.3 Å². The zero-order chi connectivity index (χ0) is 17.4. The molecule has 0 spiro atoms. The van der Waals surface area contributed by atoms with Gasteiger partial charge in [0.05, 0.1) is 11.1 Å². The summed E-state index contributed by atoms with van der Waals surface area (Å²) >= 11 is 0. The van der Waals surface area contributed by atoms with E-state index in [4.69, 9.17) is 0 Å². The van der Waals surface area contributed by atoms with Crippen molar-refractivity contribution in [3.8, 4) is 11.1 Å². The molecule has 0 N–H and O–H groups in total. The van der Waals surface area contributed by atoms with Gasteiger partial charge in [0.1, 0.15) is 0 Å². The summed E-state index contributed by atoms with van der Waals surface area (Å²) in [6.07, 6.45) is -12.8. The molecule has 2 aromatic rings. The van der Waals surface area contributed by atoms with Gasteiger partial charge in [0.15, 0.2) is 0 Å². The fraction of sp³-hybridized carbons (Fsp3) is 0.200. The van der Waals surface area contributed by atoms with E-state index in [0.29, 0.717) is 12.1 Å². The summed E-state index contributed by atoms with van der Waals surface area (Å²) in [4.78, 5) is 0. The van der Waals surface area contributed by atoms with Crippen LogP contribution in [0.1, 0.15) is 23.1 Å². The fourth-order valence-corrected chi connectivity index (χ4v) is 2.05. The van der Waals surface area contributed by atoms with E-state index >= 15 is 0 Å². The predicted molar refractivity (Wildman–Crippen MR) is 66.8 cm³/mol. The lowest BCUT2D eigenvalue weighted by Gasteiger charge is -2.16. The number of rotatable bonds is 2. The lowest BCUT2D eigenvalue weighted by atomic mass is 9.96. The van der Waals surface area contributed by atoms with Gasteiger partial charge >= 0.3 is 12.4 Å². The van der Waals surface area contributed by atoms with Crippen LogP contribution in [0, 0.1) is 0 Å². The molecule has 0 amide bonds. The Morgan fingerprint density at radius 2 is 1.39 bits per heavy atom. The van der Waals surface area contributed by atoms with Crippen molar-refractivity contribution in [2.45, 2.75) is 18.8 Å². The summed E-state index contributed by atoms with van der Waals surface area (Å²) < 4.78 is 102. The SMILES string of the molecule is FC(F)c1ccc(-c2cccc(C(F)(F)F)c2)c(C(F)(F)F)c1. The molecule has 0 saturated heterocycles. The highest BCUT2D eigenvalue weighted by Gasteiger charge is 2.35. The molecule has 8 heteroatoms. The van der Waals surface area contributed by atoms with Crippen molar-refractivity contribution in [1.29, 1.82) is 0 Å². The van der Waals surface area contributed by atoms with E-state index in [-0.39, 0.29) is 11.6 Å². The summed E-state index contributed by atoms with van der Waals surface area (Å²) in [6, 6.07) is 5.04. The minimum Gasteiger partial charge on any atom is -0.205 e. The fourth-order valence-electron chi connectivity index (χ4n) is 2.05. The zero-order valence-corrected chi connectivity index (χ0v) is 11.1. The van der Waals surface area contributed by atoms with E-state index in [9.17, 15) is 35.1 Å². The van der Waals surface area contributed by atoms with E-state index in [1.165, 1.54) is 0 Å². The summed E-state index contributed by atoms with van der Waals surface area (Å²) in [5.41, 5.74) is -4.33. The molecule has 0 unspecified atom stereocenters. The van der Waals surface area contributed by atoms with Gasteiger partial charge in [-0.25, -0.2) is 8.78 Å². The monoisotopic (exact) mass is 340 g/mol. The first-order valence-corrected chi connectivity index (χ1v) is 6.17. The number of hydrogen-bond acceptors (Lipinski definition) is 0. The molecule has 2 aromatic carbocycles. The van der Waals surface area contributed by atoms with Crippen molar-refractivity contribution in [3.05, 3.63) is 59.2 Å². The van der Waals surface area contributed by atoms with Crippen LogP contribution in [0.25, 0.3) is 11.1 Å². The van der Waals surface area contributed by atoms with Crippen molar-refractivity contribution in [2.75, 3.05) is 0 Å². The molecule has 124 valence electrons. The smallest absolute Gasteiger partial charge is 0.205 e. The van der Waals surface area contributed by atoms with Crippen LogP contribution in [0.2, 0.25) is 0 Å². The van der Waals surface area contributed by atoms with E-state index in [1.54, 1.807) is 0 Å². The van der Waals surface area contributed by atoms with Gasteiger partial charge in [-0.15, -0.1) is 0 Å². The molecule has 0 aliphatic carbocycles. The van der Waals surface area contributed by atoms with Crippen molar-refractivity contribution in [1.82, 2.24) is 0 Å². The molecule has 0 heterocycles. The quantitative estimate of drug-likeness (QED) is 0.561. The van der Waals surface area contributed by atoms with E-state index in [0.717, 1.165) is 24.3 Å². The van der Waals surface area contributed by atoms with E-state index in [1.807, 2.05) is 0 Å². The molecule has 0 nitrogen and oxygen atoms in total. The molecule has 0 aliphatic heterocycles. The zero-order valence-electron chi connectivity index (χ0n) is 11.1. The number of hydrogen-bond donors (Lipinski definition) is 0. The summed E-state index contributed by atoms with van der Waals surface area (Å²) in [7, 11) is 0. The molecule has 0 atom stereocenters. The van der Waals surface area contributed by atoms with Gasteiger partial charge < -0.3 is 0 Å². The van der Waals surface area contributed by atoms with Crippen LogP contribution in [0.5, 0.6) is 0 Å². The van der Waals surface area contributed by atoms with Crippen molar-refractivity contribution in [2.24, 2.45) is 0 Å². The lowest BCUT2D eigenvalue weighted by Crippen LogP contribution is -2.09. The molecule has 0 saturated carbocycles. The molecular formula is C15H8F8. The van der Waals surface area contributed by atoms with Gasteiger partial charge in [0, 0.05) is 5.56 Å². The van der Waals surface area contributed by atoms with Crippen LogP contribution in [0.4, 0.5) is 35.1 Å². The van der Waals surface area contributed by atoms with Crippen molar-refractivity contribution in [3.63, 3.8) is 0 Å². The van der Waals surface area contributed by atoms with Crippen molar-refractivity contribution < 1.29 is 35.1 Å². The third-order valence-electron chi connectivity index (χ3n) is 3.10. The predicted octanol–water partition coefficient (Wildman–Crippen LogP) is 6.33. The Balaban J connectivity index is 2.64. The summed E-state index contributed by atoms with van der Waals surface area (Å²) in [6.45, 7) is 0. The Morgan fingerprint density at radius 3 is 1.91 bits per heavy atom. The third kappa shape index (κ3) is 3.80. The average molecular weight is 340 g/mol. The molecule has 0 fully saturated rings. The second-order valence-corrected chi connectivity index (χ2v) is 4.68. The maximum atomic E-state index is 13.0. The van der Waals surface area contributed by atoms with Crippen LogP contribution < -0.4 is 0 Å². The Labute approximate surface area is 125 Å². The summed E-state index contributed by atoms with van der Waals surface area (Å²) in [5.74, 6) is 0. The van der Waals surface area contributed by atoms with Crippen LogP contribution in [-0.4, -0.2) is 0 Å².